The fraction of sp³-hybridized carbons (Fsp3) is 0.545. The molecular weight excluding hydrogens is 278 g/mol. The third-order valence-electron chi connectivity index (χ3n) is 3.87. The van der Waals surface area contributed by atoms with Gasteiger partial charge in [0.05, 0.1) is 4.92 Å². The summed E-state index contributed by atoms with van der Waals surface area (Å²) in [5.74, 6) is 5.78. The predicted molar refractivity (Wildman–Crippen MR) is 73.4 cm³/mol. The van der Waals surface area contributed by atoms with E-state index in [1.807, 2.05) is 9.80 Å². The average molecular weight is 293 g/mol. The van der Waals surface area contributed by atoms with Crippen molar-refractivity contribution in [3.8, 4) is 0 Å². The first-order valence-corrected chi connectivity index (χ1v) is 6.62. The number of hydrogen-bond acceptors (Lipinski definition) is 8. The molecule has 0 aromatic carbocycles. The van der Waals surface area contributed by atoms with Gasteiger partial charge in [0, 0.05) is 32.1 Å². The Morgan fingerprint density at radius 2 is 2.29 bits per heavy atom. The minimum atomic E-state index is -0.512. The molecule has 3 N–H and O–H groups in total. The van der Waals surface area contributed by atoms with Crippen molar-refractivity contribution in [2.75, 3.05) is 30.0 Å². The molecular formula is C11H15N7O3. The molecule has 10 nitrogen and oxygen atoms in total. The molecule has 1 unspecified atom stereocenters. The van der Waals surface area contributed by atoms with Gasteiger partial charge < -0.3 is 9.80 Å². The fourth-order valence-electron chi connectivity index (χ4n) is 2.85. The number of carbonyl (C=O) groups excluding carboxylic acids is 1. The number of nitrogens with one attached hydrogen (secondary N) is 1. The molecule has 10 heteroatoms. The molecule has 0 saturated carbocycles. The Balaban J connectivity index is 1.89. The van der Waals surface area contributed by atoms with Crippen LogP contribution in [0.4, 0.5) is 17.5 Å². The number of rotatable bonds is 3. The molecule has 2 aliphatic heterocycles. The second-order valence-electron chi connectivity index (χ2n) is 5.03. The highest BCUT2D eigenvalue weighted by atomic mass is 16.6. The van der Waals surface area contributed by atoms with Gasteiger partial charge in [-0.2, -0.15) is 4.98 Å². The summed E-state index contributed by atoms with van der Waals surface area (Å²) in [5.41, 5.74) is 2.13. The average Bonchev–Trinajstić information content (AvgIpc) is 2.87. The summed E-state index contributed by atoms with van der Waals surface area (Å²) in [6, 6.07) is 0.0927. The largest absolute Gasteiger partial charge is 0.347 e. The van der Waals surface area contributed by atoms with E-state index in [-0.39, 0.29) is 29.4 Å². The molecule has 2 fully saturated rings. The number of hydrogen-bond donors (Lipinski definition) is 2. The Morgan fingerprint density at radius 3 is 3.00 bits per heavy atom. The quantitative estimate of drug-likeness (QED) is 0.432. The molecule has 3 heterocycles. The monoisotopic (exact) mass is 293 g/mol. The highest BCUT2D eigenvalue weighted by molar-refractivity contribution is 5.79. The highest BCUT2D eigenvalue weighted by Gasteiger charge is 2.37. The summed E-state index contributed by atoms with van der Waals surface area (Å²) in [7, 11) is 0. The van der Waals surface area contributed by atoms with E-state index >= 15 is 0 Å². The number of carbonyl (C=O) groups is 1. The van der Waals surface area contributed by atoms with E-state index in [9.17, 15) is 14.9 Å². The van der Waals surface area contributed by atoms with Gasteiger partial charge in [0.25, 0.3) is 0 Å². The lowest BCUT2D eigenvalue weighted by Crippen LogP contribution is -2.51. The molecule has 0 spiro atoms. The maximum Gasteiger partial charge on any atom is 0.329 e. The maximum atomic E-state index is 11.7. The van der Waals surface area contributed by atoms with Crippen LogP contribution in [0.2, 0.25) is 0 Å². The summed E-state index contributed by atoms with van der Waals surface area (Å²) in [6.45, 7) is 1.59. The SMILES string of the molecule is NNc1ncc([N+](=O)[O-])c(N2CCN3C(=O)CCC3C2)n1. The third kappa shape index (κ3) is 2.33. The van der Waals surface area contributed by atoms with Crippen molar-refractivity contribution < 1.29 is 9.72 Å². The van der Waals surface area contributed by atoms with Crippen LogP contribution >= 0.6 is 0 Å². The number of amides is 1. The van der Waals surface area contributed by atoms with E-state index in [4.69, 9.17) is 5.84 Å². The third-order valence-corrected chi connectivity index (χ3v) is 3.87. The number of aromatic nitrogens is 2. The van der Waals surface area contributed by atoms with E-state index < -0.39 is 4.92 Å². The maximum absolute atomic E-state index is 11.7. The van der Waals surface area contributed by atoms with Gasteiger partial charge in [0.15, 0.2) is 0 Å². The van der Waals surface area contributed by atoms with Gasteiger partial charge in [0.2, 0.25) is 17.7 Å². The molecule has 1 amide bonds. The Kier molecular flexibility index (Phi) is 3.29. The molecule has 21 heavy (non-hydrogen) atoms. The van der Waals surface area contributed by atoms with Gasteiger partial charge in [0.1, 0.15) is 6.20 Å². The van der Waals surface area contributed by atoms with Crippen molar-refractivity contribution in [2.24, 2.45) is 5.84 Å². The van der Waals surface area contributed by atoms with Crippen LogP contribution in [0.1, 0.15) is 12.8 Å². The normalized spacial score (nSPS) is 21.4. The molecule has 0 radical (unpaired) electrons. The van der Waals surface area contributed by atoms with E-state index in [1.165, 1.54) is 0 Å². The van der Waals surface area contributed by atoms with Gasteiger partial charge in [-0.05, 0) is 6.42 Å². The molecule has 0 aliphatic carbocycles. The van der Waals surface area contributed by atoms with E-state index in [1.54, 1.807) is 0 Å². The molecule has 1 atom stereocenters. The van der Waals surface area contributed by atoms with Crippen LogP contribution in [-0.2, 0) is 4.79 Å². The smallest absolute Gasteiger partial charge is 0.329 e. The number of fused-ring (bicyclic) bond motifs is 1. The van der Waals surface area contributed by atoms with Crippen molar-refractivity contribution in [1.82, 2.24) is 14.9 Å². The number of nitrogens with two attached hydrogens (primary N) is 1. The Hall–Kier alpha value is -2.49. The van der Waals surface area contributed by atoms with Crippen LogP contribution in [0.5, 0.6) is 0 Å². The Morgan fingerprint density at radius 1 is 1.48 bits per heavy atom. The molecule has 2 saturated heterocycles. The number of nitrogen functional groups attached to an aromatic ring is 1. The van der Waals surface area contributed by atoms with Crippen LogP contribution < -0.4 is 16.2 Å². The zero-order valence-corrected chi connectivity index (χ0v) is 11.2. The molecule has 0 bridgehead atoms. The van der Waals surface area contributed by atoms with Crippen LogP contribution in [0.15, 0.2) is 6.20 Å². The number of hydrazine groups is 1. The van der Waals surface area contributed by atoms with E-state index in [2.05, 4.69) is 15.4 Å². The zero-order valence-electron chi connectivity index (χ0n) is 11.2. The first-order chi connectivity index (χ1) is 10.1. The molecule has 2 aliphatic rings. The highest BCUT2D eigenvalue weighted by Crippen LogP contribution is 2.30. The number of anilines is 2. The summed E-state index contributed by atoms with van der Waals surface area (Å²) in [4.78, 5) is 33.8. The number of nitro groups is 1. The molecule has 3 rings (SSSR count). The Bertz CT molecular complexity index is 593. The zero-order chi connectivity index (χ0) is 15.0. The molecule has 112 valence electrons. The lowest BCUT2D eigenvalue weighted by atomic mass is 10.1. The van der Waals surface area contributed by atoms with Gasteiger partial charge in [-0.1, -0.05) is 0 Å². The number of nitrogens with zero attached hydrogens (tertiary/aromatic N) is 5. The summed E-state index contributed by atoms with van der Waals surface area (Å²) >= 11 is 0. The first kappa shape index (κ1) is 13.5. The van der Waals surface area contributed by atoms with Crippen LogP contribution in [0, 0.1) is 10.1 Å². The summed E-state index contributed by atoms with van der Waals surface area (Å²) < 4.78 is 0. The van der Waals surface area contributed by atoms with Crippen molar-refractivity contribution in [2.45, 2.75) is 18.9 Å². The van der Waals surface area contributed by atoms with Gasteiger partial charge in [-0.15, -0.1) is 0 Å². The van der Waals surface area contributed by atoms with E-state index in [0.717, 1.165) is 12.6 Å². The first-order valence-electron chi connectivity index (χ1n) is 6.62. The second kappa shape index (κ2) is 5.13. The Labute approximate surface area is 120 Å². The summed E-state index contributed by atoms with van der Waals surface area (Å²) in [5, 5.41) is 11.1. The van der Waals surface area contributed by atoms with Gasteiger partial charge in [-0.25, -0.2) is 10.8 Å². The standard InChI is InChI=1S/C11H15N7O3/c12-15-11-13-5-8(18(20)21)10(14-11)16-3-4-17-7(6-16)1-2-9(17)19/h5,7H,1-4,6,12H2,(H,13,14,15). The van der Waals surface area contributed by atoms with Crippen molar-refractivity contribution >= 4 is 23.4 Å². The van der Waals surface area contributed by atoms with Gasteiger partial charge >= 0.3 is 5.69 Å². The van der Waals surface area contributed by atoms with Gasteiger partial charge in [-0.3, -0.25) is 20.3 Å². The second-order valence-corrected chi connectivity index (χ2v) is 5.03. The predicted octanol–water partition coefficient (Wildman–Crippen LogP) is -0.519. The van der Waals surface area contributed by atoms with Crippen molar-refractivity contribution in [3.63, 3.8) is 0 Å². The molecule has 1 aromatic rings. The van der Waals surface area contributed by atoms with Crippen molar-refractivity contribution in [1.29, 1.82) is 0 Å². The van der Waals surface area contributed by atoms with Crippen LogP contribution in [0.25, 0.3) is 0 Å². The van der Waals surface area contributed by atoms with Crippen LogP contribution in [-0.4, -0.2) is 51.4 Å². The fourth-order valence-corrected chi connectivity index (χ4v) is 2.85. The van der Waals surface area contributed by atoms with Crippen molar-refractivity contribution in [3.05, 3.63) is 16.3 Å². The summed E-state index contributed by atoms with van der Waals surface area (Å²) in [6.07, 6.45) is 2.46. The topological polar surface area (TPSA) is 131 Å². The van der Waals surface area contributed by atoms with E-state index in [0.29, 0.717) is 26.1 Å². The lowest BCUT2D eigenvalue weighted by Gasteiger charge is -2.37. The minimum Gasteiger partial charge on any atom is -0.347 e. The van der Waals surface area contributed by atoms with Crippen LogP contribution in [0.3, 0.4) is 0 Å². The molecule has 1 aromatic heterocycles. The lowest BCUT2D eigenvalue weighted by molar-refractivity contribution is -0.384. The minimum absolute atomic E-state index is 0.0927. The number of piperazine rings is 1.